The van der Waals surface area contributed by atoms with Crippen LogP contribution in [0.2, 0.25) is 0 Å². The van der Waals surface area contributed by atoms with Crippen molar-refractivity contribution in [2.24, 2.45) is 5.73 Å². The Morgan fingerprint density at radius 1 is 1.50 bits per heavy atom. The molecule has 1 atom stereocenters. The highest BCUT2D eigenvalue weighted by Gasteiger charge is 2.09. The number of aromatic nitrogens is 1. The molecule has 0 amide bonds. The maximum Gasteiger partial charge on any atom is 0.0661 e. The fourth-order valence-corrected chi connectivity index (χ4v) is 2.27. The second-order valence-corrected chi connectivity index (χ2v) is 4.23. The summed E-state index contributed by atoms with van der Waals surface area (Å²) in [4.78, 5) is 5.25. The molecule has 2 N–H and O–H groups in total. The van der Waals surface area contributed by atoms with Gasteiger partial charge in [0.25, 0.3) is 0 Å². The SMILES string of the molecule is Cc1csc(C(N)c2cccnc2)c1. The minimum Gasteiger partial charge on any atom is -0.320 e. The van der Waals surface area contributed by atoms with E-state index in [2.05, 4.69) is 23.4 Å². The third-order valence-corrected chi connectivity index (χ3v) is 3.23. The normalized spacial score (nSPS) is 12.7. The van der Waals surface area contributed by atoms with Crippen molar-refractivity contribution >= 4 is 11.3 Å². The van der Waals surface area contributed by atoms with Crippen molar-refractivity contribution in [3.05, 3.63) is 52.0 Å². The van der Waals surface area contributed by atoms with E-state index < -0.39 is 0 Å². The molecule has 0 aliphatic carbocycles. The lowest BCUT2D eigenvalue weighted by molar-refractivity contribution is 0.883. The topological polar surface area (TPSA) is 38.9 Å². The van der Waals surface area contributed by atoms with Gasteiger partial charge in [0, 0.05) is 17.3 Å². The minimum atomic E-state index is -0.0394. The Morgan fingerprint density at radius 2 is 2.36 bits per heavy atom. The van der Waals surface area contributed by atoms with Gasteiger partial charge < -0.3 is 5.73 Å². The van der Waals surface area contributed by atoms with Gasteiger partial charge in [0.15, 0.2) is 0 Å². The van der Waals surface area contributed by atoms with Gasteiger partial charge in [-0.05, 0) is 35.6 Å². The second-order valence-electron chi connectivity index (χ2n) is 3.29. The lowest BCUT2D eigenvalue weighted by Gasteiger charge is -2.08. The second kappa shape index (κ2) is 3.90. The first-order valence-corrected chi connectivity index (χ1v) is 5.36. The molecule has 2 aromatic rings. The molecule has 0 radical (unpaired) electrons. The molecule has 72 valence electrons. The molecule has 14 heavy (non-hydrogen) atoms. The Bertz CT molecular complexity index is 408. The molecule has 0 fully saturated rings. The van der Waals surface area contributed by atoms with Gasteiger partial charge in [0.1, 0.15) is 0 Å². The highest BCUT2D eigenvalue weighted by Crippen LogP contribution is 2.24. The average Bonchev–Trinajstić information content (AvgIpc) is 2.65. The van der Waals surface area contributed by atoms with Gasteiger partial charge in [0.05, 0.1) is 6.04 Å². The van der Waals surface area contributed by atoms with Crippen LogP contribution in [0.1, 0.15) is 22.0 Å². The van der Waals surface area contributed by atoms with Crippen LogP contribution in [-0.2, 0) is 0 Å². The Morgan fingerprint density at radius 3 is 2.93 bits per heavy atom. The summed E-state index contributed by atoms with van der Waals surface area (Å²) in [6.07, 6.45) is 3.58. The summed E-state index contributed by atoms with van der Waals surface area (Å²) < 4.78 is 0. The Balaban J connectivity index is 2.29. The molecule has 0 saturated heterocycles. The molecule has 0 spiro atoms. The number of pyridine rings is 1. The predicted molar refractivity (Wildman–Crippen MR) is 59.3 cm³/mol. The number of hydrogen-bond acceptors (Lipinski definition) is 3. The summed E-state index contributed by atoms with van der Waals surface area (Å²) in [5, 5.41) is 2.12. The van der Waals surface area contributed by atoms with E-state index in [0.717, 1.165) is 5.56 Å². The zero-order valence-corrected chi connectivity index (χ0v) is 8.79. The predicted octanol–water partition coefficient (Wildman–Crippen LogP) is 2.50. The van der Waals surface area contributed by atoms with Gasteiger partial charge in [-0.15, -0.1) is 11.3 Å². The van der Waals surface area contributed by atoms with Crippen LogP contribution in [0.3, 0.4) is 0 Å². The Hall–Kier alpha value is -1.19. The fourth-order valence-electron chi connectivity index (χ4n) is 1.34. The van der Waals surface area contributed by atoms with Crippen molar-refractivity contribution in [1.29, 1.82) is 0 Å². The molecule has 0 aliphatic heterocycles. The van der Waals surface area contributed by atoms with Crippen LogP contribution in [0.25, 0.3) is 0 Å². The van der Waals surface area contributed by atoms with Crippen LogP contribution in [0.5, 0.6) is 0 Å². The fraction of sp³-hybridized carbons (Fsp3) is 0.182. The van der Waals surface area contributed by atoms with Crippen LogP contribution in [0, 0.1) is 6.92 Å². The summed E-state index contributed by atoms with van der Waals surface area (Å²) in [5.41, 5.74) is 8.43. The summed E-state index contributed by atoms with van der Waals surface area (Å²) >= 11 is 1.70. The van der Waals surface area contributed by atoms with Crippen molar-refractivity contribution in [3.63, 3.8) is 0 Å². The molecular formula is C11H12N2S. The van der Waals surface area contributed by atoms with Crippen molar-refractivity contribution < 1.29 is 0 Å². The van der Waals surface area contributed by atoms with Gasteiger partial charge in [-0.2, -0.15) is 0 Å². The molecule has 2 nitrogen and oxygen atoms in total. The summed E-state index contributed by atoms with van der Waals surface area (Å²) in [6, 6.07) is 6.01. The third-order valence-electron chi connectivity index (χ3n) is 2.10. The van der Waals surface area contributed by atoms with Crippen LogP contribution in [0.4, 0.5) is 0 Å². The van der Waals surface area contributed by atoms with E-state index in [1.165, 1.54) is 10.4 Å². The molecule has 2 aromatic heterocycles. The van der Waals surface area contributed by atoms with Crippen molar-refractivity contribution in [1.82, 2.24) is 4.98 Å². The monoisotopic (exact) mass is 204 g/mol. The smallest absolute Gasteiger partial charge is 0.0661 e. The molecule has 1 unspecified atom stereocenters. The molecule has 3 heteroatoms. The van der Waals surface area contributed by atoms with Gasteiger partial charge in [-0.1, -0.05) is 6.07 Å². The van der Waals surface area contributed by atoms with Gasteiger partial charge in [0.2, 0.25) is 0 Å². The quantitative estimate of drug-likeness (QED) is 0.816. The van der Waals surface area contributed by atoms with Gasteiger partial charge >= 0.3 is 0 Å². The highest BCUT2D eigenvalue weighted by molar-refractivity contribution is 7.10. The standard InChI is InChI=1S/C11H12N2S/c1-8-5-10(14-7-8)11(12)9-3-2-4-13-6-9/h2-7,11H,12H2,1H3. The first kappa shape index (κ1) is 9.37. The molecule has 0 bridgehead atoms. The van der Waals surface area contributed by atoms with E-state index >= 15 is 0 Å². The van der Waals surface area contributed by atoms with Crippen LogP contribution in [-0.4, -0.2) is 4.98 Å². The zero-order chi connectivity index (χ0) is 9.97. The largest absolute Gasteiger partial charge is 0.320 e. The first-order chi connectivity index (χ1) is 6.77. The van der Waals surface area contributed by atoms with Gasteiger partial charge in [-0.3, -0.25) is 4.98 Å². The van der Waals surface area contributed by atoms with E-state index in [1.54, 1.807) is 17.5 Å². The minimum absolute atomic E-state index is 0.0394. The third kappa shape index (κ3) is 1.84. The van der Waals surface area contributed by atoms with Crippen molar-refractivity contribution in [2.75, 3.05) is 0 Å². The molecule has 2 rings (SSSR count). The highest BCUT2D eigenvalue weighted by atomic mass is 32.1. The molecule has 0 aliphatic rings. The molecular weight excluding hydrogens is 192 g/mol. The molecule has 0 saturated carbocycles. The number of rotatable bonds is 2. The maximum absolute atomic E-state index is 6.10. The number of hydrogen-bond donors (Lipinski definition) is 1. The first-order valence-electron chi connectivity index (χ1n) is 4.48. The van der Waals surface area contributed by atoms with Crippen molar-refractivity contribution in [3.8, 4) is 0 Å². The summed E-state index contributed by atoms with van der Waals surface area (Å²) in [5.74, 6) is 0. The summed E-state index contributed by atoms with van der Waals surface area (Å²) in [6.45, 7) is 2.08. The summed E-state index contributed by atoms with van der Waals surface area (Å²) in [7, 11) is 0. The Labute approximate surface area is 87.4 Å². The molecule has 0 aromatic carbocycles. The van der Waals surface area contributed by atoms with Crippen LogP contribution >= 0.6 is 11.3 Å². The van der Waals surface area contributed by atoms with Crippen molar-refractivity contribution in [2.45, 2.75) is 13.0 Å². The lowest BCUT2D eigenvalue weighted by atomic mass is 10.1. The number of aryl methyl sites for hydroxylation is 1. The average molecular weight is 204 g/mol. The van der Waals surface area contributed by atoms with E-state index in [-0.39, 0.29) is 6.04 Å². The number of nitrogens with zero attached hydrogens (tertiary/aromatic N) is 1. The number of thiophene rings is 1. The maximum atomic E-state index is 6.10. The van der Waals surface area contributed by atoms with E-state index in [4.69, 9.17) is 5.73 Å². The Kier molecular flexibility index (Phi) is 2.61. The molecule has 2 heterocycles. The van der Waals surface area contributed by atoms with Crippen LogP contribution in [0.15, 0.2) is 36.0 Å². The van der Waals surface area contributed by atoms with E-state index in [9.17, 15) is 0 Å². The van der Waals surface area contributed by atoms with E-state index in [1.807, 2.05) is 18.3 Å². The van der Waals surface area contributed by atoms with Gasteiger partial charge in [-0.25, -0.2) is 0 Å². The van der Waals surface area contributed by atoms with Crippen LogP contribution < -0.4 is 5.73 Å². The van der Waals surface area contributed by atoms with E-state index in [0.29, 0.717) is 0 Å². The number of nitrogens with two attached hydrogens (primary N) is 1. The lowest BCUT2D eigenvalue weighted by Crippen LogP contribution is -2.10. The zero-order valence-electron chi connectivity index (χ0n) is 7.97.